The van der Waals surface area contributed by atoms with Crippen molar-refractivity contribution in [3.05, 3.63) is 85.5 Å². The second-order valence-electron chi connectivity index (χ2n) is 6.84. The zero-order chi connectivity index (χ0) is 21.1. The molecule has 1 heterocycles. The Morgan fingerprint density at radius 3 is 2.47 bits per heavy atom. The third kappa shape index (κ3) is 4.10. The Labute approximate surface area is 174 Å². The smallest absolute Gasteiger partial charge is 0.243 e. The second kappa shape index (κ2) is 8.10. The first-order valence-electron chi connectivity index (χ1n) is 9.27. The summed E-state index contributed by atoms with van der Waals surface area (Å²) < 4.78 is 28.6. The van der Waals surface area contributed by atoms with E-state index in [4.69, 9.17) is 0 Å². The SMILES string of the molecule is CN(CC(=O)Nc1ccc(-n2ccnc2)cc1)S(=O)(=O)c1ccc2ccccc2c1. The molecule has 0 atom stereocenters. The van der Waals surface area contributed by atoms with Gasteiger partial charge in [-0.05, 0) is 47.2 Å². The molecule has 0 saturated carbocycles. The Hall–Kier alpha value is -3.49. The second-order valence-corrected chi connectivity index (χ2v) is 8.88. The summed E-state index contributed by atoms with van der Waals surface area (Å²) in [6.07, 6.45) is 5.18. The van der Waals surface area contributed by atoms with Crippen LogP contribution < -0.4 is 5.32 Å². The maximum absolute atomic E-state index is 12.9. The molecule has 0 radical (unpaired) electrons. The Balaban J connectivity index is 1.44. The van der Waals surface area contributed by atoms with Crippen LogP contribution in [-0.2, 0) is 14.8 Å². The van der Waals surface area contributed by atoms with Crippen molar-refractivity contribution in [1.82, 2.24) is 13.9 Å². The number of imidazole rings is 1. The third-order valence-corrected chi connectivity index (χ3v) is 6.55. The van der Waals surface area contributed by atoms with Gasteiger partial charge in [-0.3, -0.25) is 4.79 Å². The minimum absolute atomic E-state index is 0.154. The van der Waals surface area contributed by atoms with Crippen LogP contribution in [0.2, 0.25) is 0 Å². The zero-order valence-electron chi connectivity index (χ0n) is 16.3. The van der Waals surface area contributed by atoms with Crippen molar-refractivity contribution in [3.63, 3.8) is 0 Å². The first kappa shape index (κ1) is 19.8. The number of amides is 1. The molecule has 0 fully saturated rings. The van der Waals surface area contributed by atoms with Crippen molar-refractivity contribution in [2.24, 2.45) is 0 Å². The number of anilines is 1. The van der Waals surface area contributed by atoms with Gasteiger partial charge in [0, 0.05) is 30.8 Å². The van der Waals surface area contributed by atoms with Gasteiger partial charge in [-0.1, -0.05) is 30.3 Å². The minimum Gasteiger partial charge on any atom is -0.325 e. The van der Waals surface area contributed by atoms with Crippen LogP contribution in [0.4, 0.5) is 5.69 Å². The standard InChI is InChI=1S/C22H20N4O3S/c1-25(30(28,29)21-11-6-17-4-2-3-5-18(17)14-21)15-22(27)24-19-7-9-20(10-8-19)26-13-12-23-16-26/h2-14,16H,15H2,1H3,(H,24,27). The number of hydrogen-bond donors (Lipinski definition) is 1. The van der Waals surface area contributed by atoms with Gasteiger partial charge < -0.3 is 9.88 Å². The van der Waals surface area contributed by atoms with Gasteiger partial charge in [-0.15, -0.1) is 0 Å². The van der Waals surface area contributed by atoms with Crippen LogP contribution in [0, 0.1) is 0 Å². The fourth-order valence-electron chi connectivity index (χ4n) is 3.12. The number of carbonyl (C=O) groups excluding carboxylic acids is 1. The predicted molar refractivity (Wildman–Crippen MR) is 116 cm³/mol. The average molecular weight is 420 g/mol. The van der Waals surface area contributed by atoms with Gasteiger partial charge in [0.25, 0.3) is 0 Å². The van der Waals surface area contributed by atoms with Crippen LogP contribution >= 0.6 is 0 Å². The van der Waals surface area contributed by atoms with Crippen LogP contribution in [0.1, 0.15) is 0 Å². The highest BCUT2D eigenvalue weighted by atomic mass is 32.2. The van der Waals surface area contributed by atoms with Gasteiger partial charge in [0.2, 0.25) is 15.9 Å². The number of carbonyl (C=O) groups is 1. The lowest BCUT2D eigenvalue weighted by Gasteiger charge is -2.17. The van der Waals surface area contributed by atoms with Gasteiger partial charge in [0.05, 0.1) is 17.8 Å². The molecule has 1 aromatic heterocycles. The molecule has 152 valence electrons. The highest BCUT2D eigenvalue weighted by Crippen LogP contribution is 2.21. The van der Waals surface area contributed by atoms with Gasteiger partial charge in [0.15, 0.2) is 0 Å². The molecule has 30 heavy (non-hydrogen) atoms. The van der Waals surface area contributed by atoms with E-state index in [0.717, 1.165) is 20.8 Å². The summed E-state index contributed by atoms with van der Waals surface area (Å²) in [6, 6.07) is 19.7. The number of nitrogens with zero attached hydrogens (tertiary/aromatic N) is 3. The average Bonchev–Trinajstić information content (AvgIpc) is 3.28. The van der Waals surface area contributed by atoms with Crippen LogP contribution in [0.15, 0.2) is 90.3 Å². The molecular formula is C22H20N4O3S. The van der Waals surface area contributed by atoms with Crippen molar-refractivity contribution >= 4 is 32.4 Å². The Kier molecular flexibility index (Phi) is 5.35. The first-order valence-corrected chi connectivity index (χ1v) is 10.7. The van der Waals surface area contributed by atoms with Crippen molar-refractivity contribution in [3.8, 4) is 5.69 Å². The van der Waals surface area contributed by atoms with E-state index >= 15 is 0 Å². The van der Waals surface area contributed by atoms with E-state index in [-0.39, 0.29) is 11.4 Å². The molecule has 0 spiro atoms. The van der Waals surface area contributed by atoms with E-state index in [0.29, 0.717) is 5.69 Å². The monoisotopic (exact) mass is 420 g/mol. The Morgan fingerprint density at radius 2 is 1.77 bits per heavy atom. The van der Waals surface area contributed by atoms with Crippen LogP contribution in [0.25, 0.3) is 16.5 Å². The summed E-state index contributed by atoms with van der Waals surface area (Å²) in [7, 11) is -2.40. The molecule has 0 aliphatic carbocycles. The van der Waals surface area contributed by atoms with Gasteiger partial charge in [-0.25, -0.2) is 13.4 Å². The minimum atomic E-state index is -3.79. The molecule has 4 aromatic rings. The summed E-state index contributed by atoms with van der Waals surface area (Å²) in [5.74, 6) is -0.419. The number of hydrogen-bond acceptors (Lipinski definition) is 4. The van der Waals surface area contributed by atoms with E-state index < -0.39 is 15.9 Å². The highest BCUT2D eigenvalue weighted by Gasteiger charge is 2.23. The predicted octanol–water partition coefficient (Wildman–Crippen LogP) is 3.28. The number of fused-ring (bicyclic) bond motifs is 1. The molecule has 0 aliphatic heterocycles. The fourth-order valence-corrected chi connectivity index (χ4v) is 4.29. The van der Waals surface area contributed by atoms with Crippen molar-refractivity contribution in [1.29, 1.82) is 0 Å². The summed E-state index contributed by atoms with van der Waals surface area (Å²) in [5, 5.41) is 4.51. The molecule has 1 N–H and O–H groups in total. The van der Waals surface area contributed by atoms with Crippen molar-refractivity contribution < 1.29 is 13.2 Å². The van der Waals surface area contributed by atoms with Gasteiger partial charge in [-0.2, -0.15) is 4.31 Å². The van der Waals surface area contributed by atoms with E-state index in [1.807, 2.05) is 47.2 Å². The van der Waals surface area contributed by atoms with Crippen LogP contribution in [0.5, 0.6) is 0 Å². The lowest BCUT2D eigenvalue weighted by molar-refractivity contribution is -0.116. The molecule has 3 aromatic carbocycles. The summed E-state index contributed by atoms with van der Waals surface area (Å²) in [6.45, 7) is -0.293. The molecule has 0 unspecified atom stereocenters. The number of benzene rings is 3. The molecule has 0 aliphatic rings. The quantitative estimate of drug-likeness (QED) is 0.519. The molecule has 1 amide bonds. The Bertz CT molecular complexity index is 1280. The number of sulfonamides is 1. The Morgan fingerprint density at radius 1 is 1.03 bits per heavy atom. The normalized spacial score (nSPS) is 11.7. The number of aromatic nitrogens is 2. The van der Waals surface area contributed by atoms with E-state index in [1.54, 1.807) is 42.9 Å². The van der Waals surface area contributed by atoms with E-state index in [2.05, 4.69) is 10.3 Å². The topological polar surface area (TPSA) is 84.3 Å². The third-order valence-electron chi connectivity index (χ3n) is 4.75. The molecule has 8 heteroatoms. The molecule has 0 saturated heterocycles. The van der Waals surface area contributed by atoms with E-state index in [9.17, 15) is 13.2 Å². The lowest BCUT2D eigenvalue weighted by Crippen LogP contribution is -2.34. The number of likely N-dealkylation sites (N-methyl/N-ethyl adjacent to an activating group) is 1. The molecule has 7 nitrogen and oxygen atoms in total. The van der Waals surface area contributed by atoms with Crippen molar-refractivity contribution in [2.45, 2.75) is 4.90 Å². The maximum Gasteiger partial charge on any atom is 0.243 e. The van der Waals surface area contributed by atoms with Crippen molar-refractivity contribution in [2.75, 3.05) is 18.9 Å². The molecular weight excluding hydrogens is 400 g/mol. The highest BCUT2D eigenvalue weighted by molar-refractivity contribution is 7.89. The summed E-state index contributed by atoms with van der Waals surface area (Å²) in [4.78, 5) is 16.5. The molecule has 0 bridgehead atoms. The summed E-state index contributed by atoms with van der Waals surface area (Å²) in [5.41, 5.74) is 1.49. The zero-order valence-corrected chi connectivity index (χ0v) is 17.1. The fraction of sp³-hybridized carbons (Fsp3) is 0.0909. The maximum atomic E-state index is 12.9. The van der Waals surface area contributed by atoms with Crippen LogP contribution in [0.3, 0.4) is 0 Å². The molecule has 4 rings (SSSR count). The van der Waals surface area contributed by atoms with Gasteiger partial charge >= 0.3 is 0 Å². The lowest BCUT2D eigenvalue weighted by atomic mass is 10.1. The summed E-state index contributed by atoms with van der Waals surface area (Å²) >= 11 is 0. The number of rotatable bonds is 6. The first-order chi connectivity index (χ1) is 14.4. The van der Waals surface area contributed by atoms with E-state index in [1.165, 1.54) is 7.05 Å². The van der Waals surface area contributed by atoms with Gasteiger partial charge in [0.1, 0.15) is 0 Å². The van der Waals surface area contributed by atoms with Crippen LogP contribution in [-0.4, -0.2) is 41.8 Å². The largest absolute Gasteiger partial charge is 0.325 e. The number of nitrogens with one attached hydrogen (secondary N) is 1.